The van der Waals surface area contributed by atoms with E-state index in [2.05, 4.69) is 36.4 Å². The number of benzene rings is 4. The number of ketones is 1. The molecule has 0 saturated carbocycles. The average molecular weight is 1500 g/mol. The van der Waals surface area contributed by atoms with E-state index in [4.69, 9.17) is 34.4 Å². The zero-order chi connectivity index (χ0) is 78.0. The maximum absolute atomic E-state index is 15.4. The number of hydrogen-bond donors (Lipinski definition) is 9. The molecule has 1 aromatic heterocycles. The number of anilines is 3. The molecule has 0 unspecified atom stereocenters. The predicted octanol–water partition coefficient (Wildman–Crippen LogP) is 8.07. The molecule has 4 aliphatic heterocycles. The Morgan fingerprint density at radius 3 is 2.21 bits per heavy atom. The number of nitrogens with two attached hydrogens (primary N) is 1. The van der Waals surface area contributed by atoms with Gasteiger partial charge in [-0.25, -0.2) is 9.78 Å². The van der Waals surface area contributed by atoms with Gasteiger partial charge in [0.25, 0.3) is 23.5 Å². The van der Waals surface area contributed by atoms with Gasteiger partial charge >= 0.3 is 17.8 Å². The van der Waals surface area contributed by atoms with E-state index in [9.17, 15) is 53.7 Å². The van der Waals surface area contributed by atoms with E-state index in [1.54, 1.807) is 84.9 Å². The Morgan fingerprint density at radius 2 is 1.56 bits per heavy atom. The maximum atomic E-state index is 15.4. The molecule has 4 bridgehead atoms. The number of imide groups is 1. The smallest absolute Gasteiger partial charge is 0.312 e. The molecule has 1 saturated heterocycles. The van der Waals surface area contributed by atoms with Gasteiger partial charge in [0, 0.05) is 129 Å². The molecule has 0 radical (unpaired) electrons. The van der Waals surface area contributed by atoms with E-state index >= 15 is 9.59 Å². The highest BCUT2D eigenvalue weighted by Crippen LogP contribution is 2.51. The number of aliphatic hydroxyl groups excluding tert-OH is 2. The Hall–Kier alpha value is -9.81. The molecule has 4 aliphatic rings. The van der Waals surface area contributed by atoms with Crippen LogP contribution in [0.4, 0.5) is 21.9 Å². The summed E-state index contributed by atoms with van der Waals surface area (Å²) in [6, 6.07) is 7.98. The van der Waals surface area contributed by atoms with E-state index < -0.39 is 124 Å². The van der Waals surface area contributed by atoms with E-state index in [0.29, 0.717) is 54.3 Å². The number of amides is 8. The molecule has 1 fully saturated rings. The molecule has 576 valence electrons. The summed E-state index contributed by atoms with van der Waals surface area (Å²) in [6.07, 6.45) is 9.30. The summed E-state index contributed by atoms with van der Waals surface area (Å²) in [5.41, 5.74) is 6.43. The minimum Gasteiger partial charge on any atom is -0.505 e. The van der Waals surface area contributed by atoms with E-state index in [-0.39, 0.29) is 111 Å². The first-order valence-corrected chi connectivity index (χ1v) is 37.1. The molecule has 0 aliphatic carbocycles. The first kappa shape index (κ1) is 81.3. The number of phenols is 1. The fourth-order valence-electron chi connectivity index (χ4n) is 14.1. The number of ether oxygens (including phenoxy) is 5. The first-order valence-electron chi connectivity index (χ1n) is 36.3. The van der Waals surface area contributed by atoms with Gasteiger partial charge in [-0.05, 0) is 102 Å². The number of allylic oxidation sites excluding steroid dienone is 2. The summed E-state index contributed by atoms with van der Waals surface area (Å²) in [5, 5.41) is 49.6. The molecule has 11 atom stereocenters. The van der Waals surface area contributed by atoms with E-state index in [1.165, 1.54) is 58.4 Å². The zero-order valence-corrected chi connectivity index (χ0v) is 63.7. The molecule has 4 aromatic carbocycles. The Balaban J connectivity index is 1.07. The standard InChI is InChI=1S/C78H100N10O18S/c1-40(2)62(83-56(90)22-15-14-16-33-88-57(91)27-28-58(88)92)76(100)82-52(21-18-32-80-77(79)101)75(99)81-49-25-23-48(24-26-49)39-103-54-37-51(87-34-29-50(30-35-87)86(11)12)38-55-63(54)84-64-59-60-68(95)46(8)71-61(59)73(97)78(10,106-71)104-36-31-53(102-13)43(5)70(105-47(9)89)45(7)67(94)44(6)66(93)41(3)19-17-20-42(4)74(98)85-65(69(60)96)72(64)107-55/h17,19-20,23-28,31,36-38,40-41,43-45,50,52-53,62,66-67,70,93-94,96H,14-16,18,21-22,29-30,32-35,39H2,1-13H3,(H,81,99)(H,82,100)(H,83,90)(H,85,98)(H3,79,80,101)/b19-17+,36-31+,42-20-/t41-,43+,44+,45+,52-,53-,62-,66-,67+,70+,78-/m0/s1. The molecule has 0 spiro atoms. The van der Waals surface area contributed by atoms with Crippen LogP contribution >= 0.6 is 11.3 Å². The Kier molecular flexibility index (Phi) is 26.8. The number of aromatic nitrogens is 1. The summed E-state index contributed by atoms with van der Waals surface area (Å²) in [5.74, 6) is -10.2. The predicted molar refractivity (Wildman–Crippen MR) is 406 cm³/mol. The second-order valence-corrected chi connectivity index (χ2v) is 30.0. The van der Waals surface area contributed by atoms with Crippen molar-refractivity contribution in [1.82, 2.24) is 30.7 Å². The second kappa shape index (κ2) is 35.3. The highest BCUT2D eigenvalue weighted by atomic mass is 32.1. The normalized spacial score (nSPS) is 24.1. The van der Waals surface area contributed by atoms with Crippen molar-refractivity contribution in [3.8, 4) is 17.2 Å². The summed E-state index contributed by atoms with van der Waals surface area (Å²) in [6.45, 7) is 17.6. The van der Waals surface area contributed by atoms with E-state index in [1.807, 2.05) is 26.2 Å². The van der Waals surface area contributed by atoms with Crippen LogP contribution in [0.25, 0.3) is 31.2 Å². The van der Waals surface area contributed by atoms with Gasteiger partial charge in [-0.15, -0.1) is 11.3 Å². The minimum absolute atomic E-state index is 0.0204. The third kappa shape index (κ3) is 18.8. The number of esters is 1. The van der Waals surface area contributed by atoms with Crippen molar-refractivity contribution in [2.24, 2.45) is 35.3 Å². The lowest BCUT2D eigenvalue weighted by atomic mass is 9.78. The fourth-order valence-corrected chi connectivity index (χ4v) is 15.2. The van der Waals surface area contributed by atoms with Crippen LogP contribution in [0, 0.1) is 36.5 Å². The van der Waals surface area contributed by atoms with Gasteiger partial charge in [0.05, 0.1) is 50.4 Å². The quantitative estimate of drug-likeness (QED) is 0.00745. The summed E-state index contributed by atoms with van der Waals surface area (Å²) in [4.78, 5) is 146. The average Bonchev–Trinajstić information content (AvgIpc) is 1.65. The number of fused-ring (bicyclic) bond motifs is 2. The van der Waals surface area contributed by atoms with Gasteiger partial charge in [0.15, 0.2) is 11.2 Å². The number of urea groups is 1. The van der Waals surface area contributed by atoms with Crippen LogP contribution in [0.15, 0.2) is 89.5 Å². The summed E-state index contributed by atoms with van der Waals surface area (Å²) >= 11 is 1.13. The highest BCUT2D eigenvalue weighted by molar-refractivity contribution is 7.25. The number of piperidine rings is 1. The largest absolute Gasteiger partial charge is 0.505 e. The van der Waals surface area contributed by atoms with Gasteiger partial charge in [-0.1, -0.05) is 78.3 Å². The maximum Gasteiger partial charge on any atom is 0.312 e. The van der Waals surface area contributed by atoms with Crippen LogP contribution in [0.3, 0.4) is 0 Å². The number of rotatable bonds is 23. The number of methoxy groups -OCH3 is 1. The molecular formula is C78H100N10O18S. The van der Waals surface area contributed by atoms with Crippen LogP contribution in [0.1, 0.15) is 135 Å². The highest BCUT2D eigenvalue weighted by Gasteiger charge is 2.50. The molecule has 28 nitrogen and oxygen atoms in total. The molecule has 107 heavy (non-hydrogen) atoms. The molecular weight excluding hydrogens is 1400 g/mol. The number of aliphatic hydroxyl groups is 2. The van der Waals surface area contributed by atoms with Crippen LogP contribution in [0.5, 0.6) is 17.2 Å². The summed E-state index contributed by atoms with van der Waals surface area (Å²) < 4.78 is 32.0. The van der Waals surface area contributed by atoms with Crippen molar-refractivity contribution >= 4 is 113 Å². The number of primary amides is 1. The van der Waals surface area contributed by atoms with Crippen molar-refractivity contribution in [2.45, 2.75) is 176 Å². The minimum atomic E-state index is -2.15. The zero-order valence-electron chi connectivity index (χ0n) is 62.9. The number of nitrogens with zero attached hydrogens (tertiary/aromatic N) is 4. The Bertz CT molecular complexity index is 4390. The summed E-state index contributed by atoms with van der Waals surface area (Å²) in [7, 11) is 5.52. The number of carbonyl (C=O) groups excluding carboxylic acids is 9. The van der Waals surface area contributed by atoms with Crippen molar-refractivity contribution < 1.29 is 82.2 Å². The van der Waals surface area contributed by atoms with Gasteiger partial charge < -0.3 is 81.1 Å². The third-order valence-electron chi connectivity index (χ3n) is 20.6. The van der Waals surface area contributed by atoms with Crippen LogP contribution in [-0.4, -0.2) is 179 Å². The van der Waals surface area contributed by atoms with Crippen molar-refractivity contribution in [2.75, 3.05) is 62.9 Å². The van der Waals surface area contributed by atoms with Gasteiger partial charge in [0.1, 0.15) is 47.5 Å². The fraction of sp³-hybridized carbons (Fsp3) is 0.500. The monoisotopic (exact) mass is 1500 g/mol. The molecule has 8 amide bonds. The lowest BCUT2D eigenvalue weighted by molar-refractivity contribution is -0.160. The SMILES string of the molecule is CO[C@H]1/C=C/O[C@@]2(C)Oc3c(C)c(=O)c4c(O)c(c5sc6cc(N7CCC(N(C)C)CC7)cc(OCc7ccc(NC(=O)[C@H](CCCNC(N)=O)NC(=O)[C@@H](NC(=O)CCCCCN8C(=O)C=CC8=O)C(C)C)cc7)c6nc5c4c3C2=O)NC(=O)/C(C)=C\C=C\[C@H](C)[C@H](O)[C@@H](C)[C@@H](O)[C@@H](C)[C@H](OC(C)=O)[C@@H]1C. The number of carbonyl (C=O) groups is 9. The lowest BCUT2D eigenvalue weighted by Crippen LogP contribution is -2.54. The van der Waals surface area contributed by atoms with Gasteiger partial charge in [0.2, 0.25) is 17.7 Å². The number of hydrogen-bond acceptors (Lipinski definition) is 22. The number of phenolic OH excluding ortho intramolecular Hbond substituents is 1. The van der Waals surface area contributed by atoms with Gasteiger partial charge in [-0.3, -0.25) is 48.1 Å². The number of nitrogens with one attached hydrogen (secondary N) is 5. The van der Waals surface area contributed by atoms with Crippen molar-refractivity contribution in [3.63, 3.8) is 0 Å². The Labute approximate surface area is 625 Å². The molecule has 9 rings (SSSR count). The van der Waals surface area contributed by atoms with Crippen LogP contribution in [0.2, 0.25) is 0 Å². The molecule has 5 aromatic rings. The molecule has 29 heteroatoms. The van der Waals surface area contributed by atoms with Crippen LogP contribution in [-0.2, 0) is 54.4 Å². The first-order chi connectivity index (χ1) is 50.7. The second-order valence-electron chi connectivity index (χ2n) is 28.9. The van der Waals surface area contributed by atoms with Crippen molar-refractivity contribution in [3.05, 3.63) is 112 Å². The number of aromatic hydroxyl groups is 1. The molecule has 5 heterocycles. The number of Topliss-reactive ketones (excluding diaryl/α,β-unsaturated/α-hetero) is 1. The van der Waals surface area contributed by atoms with Gasteiger partial charge in [-0.2, -0.15) is 0 Å². The third-order valence-corrected chi connectivity index (χ3v) is 21.7. The topological polar surface area (TPSA) is 386 Å². The van der Waals surface area contributed by atoms with E-state index in [0.717, 1.165) is 34.8 Å². The van der Waals surface area contributed by atoms with Crippen LogP contribution < -0.4 is 52.1 Å². The van der Waals surface area contributed by atoms with Crippen molar-refractivity contribution in [1.29, 1.82) is 0 Å². The Morgan fingerprint density at radius 1 is 0.869 bits per heavy atom. The molecule has 10 N–H and O–H groups in total. The number of unbranched alkanes of at least 4 members (excludes halogenated alkanes) is 2. The lowest BCUT2D eigenvalue weighted by Gasteiger charge is -2.38.